The third-order valence-electron chi connectivity index (χ3n) is 1.49. The molecule has 11 heavy (non-hydrogen) atoms. The highest BCUT2D eigenvalue weighted by Crippen LogP contribution is 2.03. The van der Waals surface area contributed by atoms with E-state index >= 15 is 0 Å². The fourth-order valence-electron chi connectivity index (χ4n) is 0.959. The summed E-state index contributed by atoms with van der Waals surface area (Å²) < 4.78 is 0.777. The van der Waals surface area contributed by atoms with Crippen LogP contribution in [0.1, 0.15) is 0 Å². The molecule has 3 heteroatoms. The van der Waals surface area contributed by atoms with Crippen LogP contribution in [0.3, 0.4) is 0 Å². The summed E-state index contributed by atoms with van der Waals surface area (Å²) in [4.78, 5) is 3.83. The number of pyridine rings is 2. The van der Waals surface area contributed by atoms with Gasteiger partial charge in [0, 0.05) is 18.3 Å². The maximum atomic E-state index is 11.0. The molecule has 0 aliphatic heterocycles. The molecule has 0 amide bonds. The largest absolute Gasteiger partial charge is 0.618 e. The second kappa shape index (κ2) is 2.20. The van der Waals surface area contributed by atoms with Crippen molar-refractivity contribution in [3.05, 3.63) is 42.0 Å². The Bertz CT molecular complexity index is 381. The minimum Gasteiger partial charge on any atom is -0.618 e. The van der Waals surface area contributed by atoms with E-state index in [-0.39, 0.29) is 0 Å². The summed E-state index contributed by atoms with van der Waals surface area (Å²) in [5, 5.41) is 11.8. The summed E-state index contributed by atoms with van der Waals surface area (Å²) in [5.74, 6) is 0. The summed E-state index contributed by atoms with van der Waals surface area (Å²) in [6.07, 6.45) is 4.57. The fraction of sp³-hybridized carbons (Fsp3) is 0. The van der Waals surface area contributed by atoms with E-state index in [1.165, 1.54) is 12.4 Å². The van der Waals surface area contributed by atoms with E-state index in [4.69, 9.17) is 0 Å². The molecule has 0 spiro atoms. The minimum absolute atomic E-state index is 0.551. The second-order valence-electron chi connectivity index (χ2n) is 2.18. The van der Waals surface area contributed by atoms with Crippen molar-refractivity contribution in [1.82, 2.24) is 4.98 Å². The Balaban J connectivity index is 2.91. The third kappa shape index (κ3) is 0.902. The van der Waals surface area contributed by atoms with Crippen molar-refractivity contribution in [1.29, 1.82) is 0 Å². The number of aromatic nitrogens is 2. The number of rotatable bonds is 0. The molecule has 2 rings (SSSR count). The van der Waals surface area contributed by atoms with Crippen molar-refractivity contribution >= 4 is 10.9 Å². The number of fused-ring (bicyclic) bond motifs is 1. The van der Waals surface area contributed by atoms with Crippen molar-refractivity contribution < 1.29 is 4.73 Å². The molecule has 0 aliphatic carbocycles. The number of nitrogens with zero attached hydrogens (tertiary/aromatic N) is 2. The zero-order valence-electron chi connectivity index (χ0n) is 5.69. The van der Waals surface area contributed by atoms with E-state index in [1.807, 2.05) is 0 Å². The highest BCUT2D eigenvalue weighted by molar-refractivity contribution is 5.73. The second-order valence-corrected chi connectivity index (χ2v) is 2.18. The molecule has 0 atom stereocenters. The topological polar surface area (TPSA) is 39.8 Å². The maximum Gasteiger partial charge on any atom is 0.242 e. The standard InChI is InChI=1S/C8H5N2O/c11-10-5-1-2-7-3-4-9-6-8(7)10/h1,3-6H. The molecule has 2 heterocycles. The van der Waals surface area contributed by atoms with Crippen LogP contribution in [0.25, 0.3) is 10.9 Å². The molecule has 1 radical (unpaired) electrons. The zero-order valence-corrected chi connectivity index (χ0v) is 5.69. The average Bonchev–Trinajstić information content (AvgIpc) is 2.06. The van der Waals surface area contributed by atoms with Gasteiger partial charge in [-0.25, -0.2) is 0 Å². The Kier molecular flexibility index (Phi) is 1.22. The Morgan fingerprint density at radius 3 is 3.27 bits per heavy atom. The van der Waals surface area contributed by atoms with Crippen LogP contribution in [0.15, 0.2) is 30.7 Å². The molecule has 2 aromatic rings. The molecule has 0 saturated heterocycles. The first-order valence-electron chi connectivity index (χ1n) is 3.21. The minimum atomic E-state index is 0.551. The molecule has 3 nitrogen and oxygen atoms in total. The van der Waals surface area contributed by atoms with Crippen LogP contribution in [0.5, 0.6) is 0 Å². The van der Waals surface area contributed by atoms with Crippen LogP contribution in [-0.2, 0) is 0 Å². The molecule has 0 N–H and O–H groups in total. The Labute approximate surface area is 63.5 Å². The van der Waals surface area contributed by atoms with Gasteiger partial charge in [-0.15, -0.1) is 0 Å². The normalized spacial score (nSPS) is 10.2. The van der Waals surface area contributed by atoms with E-state index in [2.05, 4.69) is 11.1 Å². The highest BCUT2D eigenvalue weighted by atomic mass is 16.5. The molecule has 53 valence electrons. The van der Waals surface area contributed by atoms with Gasteiger partial charge in [-0.05, 0) is 6.07 Å². The highest BCUT2D eigenvalue weighted by Gasteiger charge is 1.99. The lowest BCUT2D eigenvalue weighted by molar-refractivity contribution is -0.577. The SMILES string of the molecule is [O-][n+]1cc[c]c2ccncc21. The molecule has 2 aromatic heterocycles. The quantitative estimate of drug-likeness (QED) is 0.403. The van der Waals surface area contributed by atoms with Gasteiger partial charge in [0.15, 0.2) is 6.20 Å². The summed E-state index contributed by atoms with van der Waals surface area (Å²) in [6.45, 7) is 0. The van der Waals surface area contributed by atoms with Gasteiger partial charge in [0.2, 0.25) is 5.52 Å². The summed E-state index contributed by atoms with van der Waals surface area (Å²) in [6, 6.07) is 6.28. The Morgan fingerprint density at radius 2 is 2.45 bits per heavy atom. The van der Waals surface area contributed by atoms with Gasteiger partial charge in [-0.1, -0.05) is 0 Å². The van der Waals surface area contributed by atoms with Gasteiger partial charge in [-0.3, -0.25) is 4.98 Å². The van der Waals surface area contributed by atoms with E-state index in [0.29, 0.717) is 5.52 Å². The predicted octanol–water partition coefficient (Wildman–Crippen LogP) is 0.668. The van der Waals surface area contributed by atoms with Crippen LogP contribution in [-0.4, -0.2) is 4.98 Å². The molecule has 0 unspecified atom stereocenters. The Morgan fingerprint density at radius 1 is 1.55 bits per heavy atom. The molecule has 0 bridgehead atoms. The molecule has 0 aromatic carbocycles. The van der Waals surface area contributed by atoms with Crippen molar-refractivity contribution in [3.8, 4) is 0 Å². The van der Waals surface area contributed by atoms with Crippen LogP contribution >= 0.6 is 0 Å². The van der Waals surface area contributed by atoms with Crippen molar-refractivity contribution in [2.24, 2.45) is 0 Å². The van der Waals surface area contributed by atoms with Crippen LogP contribution in [0.4, 0.5) is 0 Å². The monoisotopic (exact) mass is 145 g/mol. The van der Waals surface area contributed by atoms with Gasteiger partial charge in [-0.2, -0.15) is 4.73 Å². The predicted molar refractivity (Wildman–Crippen MR) is 39.5 cm³/mol. The Hall–Kier alpha value is -1.64. The lowest BCUT2D eigenvalue weighted by atomic mass is 10.3. The van der Waals surface area contributed by atoms with E-state index < -0.39 is 0 Å². The first-order chi connectivity index (χ1) is 5.38. The van der Waals surface area contributed by atoms with Crippen LogP contribution < -0.4 is 4.73 Å². The van der Waals surface area contributed by atoms with Crippen LogP contribution in [0, 0.1) is 11.3 Å². The zero-order chi connectivity index (χ0) is 7.68. The molecular weight excluding hydrogens is 140 g/mol. The van der Waals surface area contributed by atoms with Crippen molar-refractivity contribution in [3.63, 3.8) is 0 Å². The first-order valence-corrected chi connectivity index (χ1v) is 3.21. The summed E-state index contributed by atoms with van der Waals surface area (Å²) in [5.41, 5.74) is 0.551. The lowest BCUT2D eigenvalue weighted by Gasteiger charge is -1.97. The molecule has 0 saturated carbocycles. The van der Waals surface area contributed by atoms with Gasteiger partial charge in [0.25, 0.3) is 0 Å². The average molecular weight is 145 g/mol. The van der Waals surface area contributed by atoms with Gasteiger partial charge in [0.1, 0.15) is 6.20 Å². The van der Waals surface area contributed by atoms with Gasteiger partial charge >= 0.3 is 0 Å². The summed E-state index contributed by atoms with van der Waals surface area (Å²) >= 11 is 0. The first kappa shape index (κ1) is 6.09. The van der Waals surface area contributed by atoms with E-state index in [9.17, 15) is 5.21 Å². The number of hydrogen-bond acceptors (Lipinski definition) is 2. The third-order valence-corrected chi connectivity index (χ3v) is 1.49. The molecule has 0 aliphatic rings. The van der Waals surface area contributed by atoms with Crippen molar-refractivity contribution in [2.75, 3.05) is 0 Å². The van der Waals surface area contributed by atoms with E-state index in [0.717, 1.165) is 10.1 Å². The van der Waals surface area contributed by atoms with E-state index in [1.54, 1.807) is 18.3 Å². The van der Waals surface area contributed by atoms with Gasteiger partial charge < -0.3 is 5.21 Å². The van der Waals surface area contributed by atoms with Crippen molar-refractivity contribution in [2.45, 2.75) is 0 Å². The fourth-order valence-corrected chi connectivity index (χ4v) is 0.959. The molecular formula is C8H5N2O. The number of hydrogen-bond donors (Lipinski definition) is 0. The lowest BCUT2D eigenvalue weighted by Crippen LogP contribution is -2.25. The molecule has 0 fully saturated rings. The van der Waals surface area contributed by atoms with Crippen LogP contribution in [0.2, 0.25) is 0 Å². The maximum absolute atomic E-state index is 11.0. The van der Waals surface area contributed by atoms with Gasteiger partial charge in [0.05, 0.1) is 5.39 Å². The summed E-state index contributed by atoms with van der Waals surface area (Å²) in [7, 11) is 0. The smallest absolute Gasteiger partial charge is 0.242 e.